The molecule has 1 saturated heterocycles. The Morgan fingerprint density at radius 3 is 2.89 bits per heavy atom. The second-order valence-electron chi connectivity index (χ2n) is 4.02. The van der Waals surface area contributed by atoms with E-state index in [2.05, 4.69) is 4.74 Å². The summed E-state index contributed by atoms with van der Waals surface area (Å²) in [5.41, 5.74) is 1.14. The van der Waals surface area contributed by atoms with Gasteiger partial charge in [-0.1, -0.05) is 30.3 Å². The second-order valence-corrected chi connectivity index (χ2v) is 4.02. The van der Waals surface area contributed by atoms with Crippen LogP contribution in [0.25, 0.3) is 0 Å². The van der Waals surface area contributed by atoms with Crippen LogP contribution in [0.1, 0.15) is 5.56 Å². The number of hydrogen-bond acceptors (Lipinski definition) is 4. The maximum absolute atomic E-state index is 10.9. The van der Waals surface area contributed by atoms with Gasteiger partial charge < -0.3 is 14.2 Å². The molecule has 1 aromatic rings. The molecule has 1 fully saturated rings. The third-order valence-electron chi connectivity index (χ3n) is 2.64. The Morgan fingerprint density at radius 2 is 2.17 bits per heavy atom. The highest BCUT2D eigenvalue weighted by Crippen LogP contribution is 2.23. The molecule has 1 aromatic carbocycles. The van der Waals surface area contributed by atoms with E-state index in [1.54, 1.807) is 6.08 Å². The average Bonchev–Trinajstić information content (AvgIpc) is 3.16. The Bertz CT molecular complexity index is 413. The first kappa shape index (κ1) is 12.8. The van der Waals surface area contributed by atoms with Crippen LogP contribution in [0, 0.1) is 0 Å². The molecule has 96 valence electrons. The van der Waals surface area contributed by atoms with Crippen LogP contribution < -0.4 is 0 Å². The zero-order valence-electron chi connectivity index (χ0n) is 10.2. The first-order chi connectivity index (χ1) is 8.79. The van der Waals surface area contributed by atoms with Gasteiger partial charge in [0.05, 0.1) is 20.3 Å². The zero-order chi connectivity index (χ0) is 12.8. The molecule has 0 spiro atoms. The summed E-state index contributed by atoms with van der Waals surface area (Å²) in [6.07, 6.45) is 3.10. The maximum Gasteiger partial charge on any atom is 0.330 e. The van der Waals surface area contributed by atoms with Crippen LogP contribution in [0.4, 0.5) is 0 Å². The molecule has 18 heavy (non-hydrogen) atoms. The molecule has 0 aromatic heterocycles. The molecule has 1 aliphatic rings. The van der Waals surface area contributed by atoms with E-state index in [0.717, 1.165) is 5.56 Å². The van der Waals surface area contributed by atoms with E-state index in [4.69, 9.17) is 9.47 Å². The highest BCUT2D eigenvalue weighted by Gasteiger charge is 2.36. The Balaban J connectivity index is 1.62. The largest absolute Gasteiger partial charge is 0.466 e. The van der Waals surface area contributed by atoms with Crippen molar-refractivity contribution in [3.05, 3.63) is 48.0 Å². The summed E-state index contributed by atoms with van der Waals surface area (Å²) in [4.78, 5) is 10.9. The van der Waals surface area contributed by atoms with Gasteiger partial charge in [-0.05, 0) is 11.6 Å². The fourth-order valence-electron chi connectivity index (χ4n) is 1.57. The molecule has 0 radical (unpaired) electrons. The van der Waals surface area contributed by atoms with E-state index in [-0.39, 0.29) is 18.2 Å². The standard InChI is InChI=1S/C14H16O4/c1-16-14(15)8-7-12-13(18-12)10-17-9-11-5-3-2-4-6-11/h2-8,12-13H,9-10H2,1H3/b8-7-/t12-,13-/m1/s1. The van der Waals surface area contributed by atoms with Crippen molar-refractivity contribution in [3.63, 3.8) is 0 Å². The first-order valence-electron chi connectivity index (χ1n) is 5.83. The number of hydrogen-bond donors (Lipinski definition) is 0. The monoisotopic (exact) mass is 248 g/mol. The van der Waals surface area contributed by atoms with E-state index >= 15 is 0 Å². The van der Waals surface area contributed by atoms with Crippen LogP contribution in [0.3, 0.4) is 0 Å². The highest BCUT2D eigenvalue weighted by atomic mass is 16.6. The third-order valence-corrected chi connectivity index (χ3v) is 2.64. The predicted molar refractivity (Wildman–Crippen MR) is 65.9 cm³/mol. The predicted octanol–water partition coefficient (Wildman–Crippen LogP) is 1.70. The van der Waals surface area contributed by atoms with Gasteiger partial charge in [-0.3, -0.25) is 0 Å². The Labute approximate surface area is 106 Å². The normalized spacial score (nSPS) is 22.1. The molecule has 2 rings (SSSR count). The molecule has 0 bridgehead atoms. The second kappa shape index (κ2) is 6.33. The summed E-state index contributed by atoms with van der Waals surface area (Å²) in [6, 6.07) is 9.97. The van der Waals surface area contributed by atoms with Gasteiger partial charge in [-0.15, -0.1) is 0 Å². The molecule has 1 heterocycles. The van der Waals surface area contributed by atoms with Gasteiger partial charge in [0.2, 0.25) is 0 Å². The van der Waals surface area contributed by atoms with E-state index in [1.165, 1.54) is 13.2 Å². The first-order valence-corrected chi connectivity index (χ1v) is 5.83. The molecule has 0 amide bonds. The van der Waals surface area contributed by atoms with Gasteiger partial charge in [0, 0.05) is 6.08 Å². The van der Waals surface area contributed by atoms with Crippen molar-refractivity contribution >= 4 is 5.97 Å². The average molecular weight is 248 g/mol. The number of ether oxygens (including phenoxy) is 3. The van der Waals surface area contributed by atoms with Crippen molar-refractivity contribution in [2.75, 3.05) is 13.7 Å². The lowest BCUT2D eigenvalue weighted by molar-refractivity contribution is -0.134. The van der Waals surface area contributed by atoms with E-state index in [0.29, 0.717) is 13.2 Å². The van der Waals surface area contributed by atoms with Crippen molar-refractivity contribution in [2.24, 2.45) is 0 Å². The van der Waals surface area contributed by atoms with E-state index in [1.807, 2.05) is 30.3 Å². The van der Waals surface area contributed by atoms with Crippen molar-refractivity contribution in [1.82, 2.24) is 0 Å². The molecular weight excluding hydrogens is 232 g/mol. The van der Waals surface area contributed by atoms with Crippen molar-refractivity contribution < 1.29 is 19.0 Å². The fraction of sp³-hybridized carbons (Fsp3) is 0.357. The Hall–Kier alpha value is -1.65. The van der Waals surface area contributed by atoms with Crippen LogP contribution in [0.2, 0.25) is 0 Å². The number of methoxy groups -OCH3 is 1. The van der Waals surface area contributed by atoms with Crippen LogP contribution in [0.15, 0.2) is 42.5 Å². The summed E-state index contributed by atoms with van der Waals surface area (Å²) >= 11 is 0. The minimum Gasteiger partial charge on any atom is -0.466 e. The molecule has 0 unspecified atom stereocenters. The molecule has 4 heteroatoms. The number of carbonyl (C=O) groups is 1. The summed E-state index contributed by atoms with van der Waals surface area (Å²) in [7, 11) is 1.35. The van der Waals surface area contributed by atoms with Crippen molar-refractivity contribution in [2.45, 2.75) is 18.8 Å². The SMILES string of the molecule is COC(=O)/C=C\[C@H]1O[C@@H]1COCc1ccccc1. The van der Waals surface area contributed by atoms with Gasteiger partial charge in [0.25, 0.3) is 0 Å². The topological polar surface area (TPSA) is 48.1 Å². The summed E-state index contributed by atoms with van der Waals surface area (Å²) in [6.45, 7) is 1.11. The van der Waals surface area contributed by atoms with E-state index < -0.39 is 0 Å². The van der Waals surface area contributed by atoms with Gasteiger partial charge in [0.1, 0.15) is 12.2 Å². The molecule has 0 aliphatic carbocycles. The number of epoxide rings is 1. The summed E-state index contributed by atoms with van der Waals surface area (Å²) in [5.74, 6) is -0.366. The Kier molecular flexibility index (Phi) is 4.50. The van der Waals surface area contributed by atoms with Crippen LogP contribution >= 0.6 is 0 Å². The van der Waals surface area contributed by atoms with Crippen LogP contribution in [-0.2, 0) is 25.6 Å². The van der Waals surface area contributed by atoms with Gasteiger partial charge in [-0.2, -0.15) is 0 Å². The van der Waals surface area contributed by atoms with Crippen molar-refractivity contribution in [1.29, 1.82) is 0 Å². The molecule has 4 nitrogen and oxygen atoms in total. The highest BCUT2D eigenvalue weighted by molar-refractivity contribution is 5.81. The minimum atomic E-state index is -0.366. The fourth-order valence-corrected chi connectivity index (χ4v) is 1.57. The summed E-state index contributed by atoms with van der Waals surface area (Å²) < 4.78 is 15.4. The molecule has 0 saturated carbocycles. The number of benzene rings is 1. The quantitative estimate of drug-likeness (QED) is 0.437. The van der Waals surface area contributed by atoms with Crippen LogP contribution in [-0.4, -0.2) is 31.9 Å². The number of esters is 1. The smallest absolute Gasteiger partial charge is 0.330 e. The zero-order valence-corrected chi connectivity index (χ0v) is 10.2. The van der Waals surface area contributed by atoms with Crippen LogP contribution in [0.5, 0.6) is 0 Å². The van der Waals surface area contributed by atoms with E-state index in [9.17, 15) is 4.79 Å². The lowest BCUT2D eigenvalue weighted by Gasteiger charge is -2.01. The molecule has 0 N–H and O–H groups in total. The lowest BCUT2D eigenvalue weighted by atomic mass is 10.2. The minimum absolute atomic E-state index is 0.0279. The number of carbonyl (C=O) groups excluding carboxylic acids is 1. The molecule has 2 atom stereocenters. The van der Waals surface area contributed by atoms with Gasteiger partial charge in [-0.25, -0.2) is 4.79 Å². The molecular formula is C14H16O4. The van der Waals surface area contributed by atoms with Gasteiger partial charge >= 0.3 is 5.97 Å². The maximum atomic E-state index is 10.9. The lowest BCUT2D eigenvalue weighted by Crippen LogP contribution is -2.04. The number of rotatable bonds is 6. The third kappa shape index (κ3) is 3.98. The Morgan fingerprint density at radius 1 is 1.39 bits per heavy atom. The van der Waals surface area contributed by atoms with Crippen molar-refractivity contribution in [3.8, 4) is 0 Å². The molecule has 1 aliphatic heterocycles. The summed E-state index contributed by atoms with van der Waals surface area (Å²) in [5, 5.41) is 0. The van der Waals surface area contributed by atoms with Gasteiger partial charge in [0.15, 0.2) is 0 Å².